The van der Waals surface area contributed by atoms with Gasteiger partial charge in [0.05, 0.1) is 22.9 Å². The van der Waals surface area contributed by atoms with E-state index in [0.717, 1.165) is 28.3 Å². The summed E-state index contributed by atoms with van der Waals surface area (Å²) in [7, 11) is 0. The normalized spacial score (nSPS) is 12.3. The summed E-state index contributed by atoms with van der Waals surface area (Å²) in [5.41, 5.74) is 14.0. The molecule has 0 unspecified atom stereocenters. The predicted molar refractivity (Wildman–Crippen MR) is 209 cm³/mol. The van der Waals surface area contributed by atoms with Gasteiger partial charge in [-0.1, -0.05) is 115 Å². The van der Waals surface area contributed by atoms with Crippen molar-refractivity contribution in [3.8, 4) is 39.1 Å². The number of hydrogen-bond donors (Lipinski definition) is 0. The number of benzene rings is 7. The van der Waals surface area contributed by atoms with Gasteiger partial charge >= 0.3 is 0 Å². The molecule has 0 N–H and O–H groups in total. The van der Waals surface area contributed by atoms with Gasteiger partial charge in [0, 0.05) is 27.8 Å². The van der Waals surface area contributed by atoms with E-state index >= 15 is 0 Å². The number of aromatic nitrogens is 1. The van der Waals surface area contributed by atoms with E-state index in [2.05, 4.69) is 179 Å². The van der Waals surface area contributed by atoms with E-state index in [1.165, 1.54) is 60.4 Å². The molecule has 0 amide bonds. The topological polar surface area (TPSA) is 20.5 Å². The van der Waals surface area contributed by atoms with Crippen LogP contribution in [0.2, 0.25) is 0 Å². The minimum atomic E-state index is 0.921. The Bertz CT molecular complexity index is 2570. The molecule has 7 aromatic carbocycles. The maximum absolute atomic E-state index is 4.24. The molecule has 1 aromatic heterocycles. The van der Waals surface area contributed by atoms with Crippen molar-refractivity contribution in [2.24, 2.45) is 4.99 Å². The maximum atomic E-state index is 4.24. The lowest BCUT2D eigenvalue weighted by atomic mass is 9.94. The minimum Gasteiger partial charge on any atom is -0.309 e. The fourth-order valence-electron chi connectivity index (χ4n) is 7.73. The summed E-state index contributed by atoms with van der Waals surface area (Å²) in [5.74, 6) is 0. The highest BCUT2D eigenvalue weighted by molar-refractivity contribution is 6.18. The second-order valence-electron chi connectivity index (χ2n) is 12.4. The second-order valence-corrected chi connectivity index (χ2v) is 12.4. The Labute approximate surface area is 286 Å². The molecule has 9 rings (SSSR count). The zero-order valence-corrected chi connectivity index (χ0v) is 27.2. The van der Waals surface area contributed by atoms with Crippen molar-refractivity contribution >= 4 is 50.7 Å². The van der Waals surface area contributed by atoms with E-state index in [9.17, 15) is 0 Å². The van der Waals surface area contributed by atoms with Crippen molar-refractivity contribution < 1.29 is 0 Å². The summed E-state index contributed by atoms with van der Waals surface area (Å²) >= 11 is 0. The first kappa shape index (κ1) is 28.7. The number of hydrogen-bond acceptors (Lipinski definition) is 2. The average molecular weight is 628 g/mol. The molecule has 0 saturated heterocycles. The Balaban J connectivity index is 1.22. The molecule has 1 aliphatic rings. The monoisotopic (exact) mass is 627 g/mol. The molecule has 3 heteroatoms. The predicted octanol–water partition coefficient (Wildman–Crippen LogP) is 12.5. The van der Waals surface area contributed by atoms with Crippen LogP contribution in [-0.2, 0) is 0 Å². The van der Waals surface area contributed by atoms with Crippen molar-refractivity contribution in [1.29, 1.82) is 0 Å². The van der Waals surface area contributed by atoms with Crippen LogP contribution in [-0.4, -0.2) is 11.3 Å². The van der Waals surface area contributed by atoms with Crippen LogP contribution >= 0.6 is 0 Å². The van der Waals surface area contributed by atoms with E-state index in [1.807, 2.05) is 19.2 Å². The molecule has 0 spiro atoms. The standard InChI is InChI=1S/C46H33N3/c1-3-13-35(30-47-2)48(33-16-11-17-34(29-33)49-44-24-8-6-20-39(44)40-21-7-9-25-45(40)49)32-15-10-14-31(28-32)36-26-27-43-38-19-5-4-18-37(38)42-23-12-22-41(36)46(42)43/h3-30H,2H2,1H3/b13-3-,35-30+. The summed E-state index contributed by atoms with van der Waals surface area (Å²) in [6.45, 7) is 5.86. The summed E-state index contributed by atoms with van der Waals surface area (Å²) in [5, 5.41) is 5.08. The highest BCUT2D eigenvalue weighted by Crippen LogP contribution is 2.49. The lowest BCUT2D eigenvalue weighted by Gasteiger charge is -2.27. The van der Waals surface area contributed by atoms with E-state index < -0.39 is 0 Å². The third-order valence-electron chi connectivity index (χ3n) is 9.71. The second kappa shape index (κ2) is 11.7. The van der Waals surface area contributed by atoms with Gasteiger partial charge in [-0.25, -0.2) is 0 Å². The number of allylic oxidation sites excluding steroid dienone is 2. The van der Waals surface area contributed by atoms with Crippen LogP contribution in [0.15, 0.2) is 181 Å². The van der Waals surface area contributed by atoms with Gasteiger partial charge < -0.3 is 9.47 Å². The highest BCUT2D eigenvalue weighted by atomic mass is 15.2. The quantitative estimate of drug-likeness (QED) is 0.127. The van der Waals surface area contributed by atoms with Gasteiger partial charge in [-0.15, -0.1) is 0 Å². The van der Waals surface area contributed by atoms with Crippen LogP contribution in [0, 0.1) is 0 Å². The van der Waals surface area contributed by atoms with Crippen LogP contribution < -0.4 is 4.90 Å². The zero-order valence-electron chi connectivity index (χ0n) is 27.2. The summed E-state index contributed by atoms with van der Waals surface area (Å²) in [6.07, 6.45) is 5.96. The Morgan fingerprint density at radius 2 is 1.14 bits per heavy atom. The molecule has 1 heterocycles. The van der Waals surface area contributed by atoms with E-state index in [0.29, 0.717) is 0 Å². The summed E-state index contributed by atoms with van der Waals surface area (Å²) in [6, 6.07) is 54.9. The first-order chi connectivity index (χ1) is 24.2. The largest absolute Gasteiger partial charge is 0.309 e. The van der Waals surface area contributed by atoms with Crippen LogP contribution in [0.3, 0.4) is 0 Å². The van der Waals surface area contributed by atoms with E-state index in [1.54, 1.807) is 0 Å². The minimum absolute atomic E-state index is 0.921. The molecule has 8 aromatic rings. The van der Waals surface area contributed by atoms with Gasteiger partial charge in [0.1, 0.15) is 0 Å². The molecule has 0 saturated carbocycles. The number of rotatable bonds is 7. The van der Waals surface area contributed by atoms with Crippen molar-refractivity contribution in [2.75, 3.05) is 4.90 Å². The van der Waals surface area contributed by atoms with Crippen LogP contribution in [0.5, 0.6) is 0 Å². The molecule has 1 aliphatic carbocycles. The summed E-state index contributed by atoms with van der Waals surface area (Å²) < 4.78 is 2.36. The first-order valence-electron chi connectivity index (χ1n) is 16.7. The maximum Gasteiger partial charge on any atom is 0.0640 e. The number of aliphatic imine (C=N–C) groups is 1. The molecule has 49 heavy (non-hydrogen) atoms. The molecule has 0 fully saturated rings. The number of para-hydroxylation sites is 2. The molecule has 0 bridgehead atoms. The number of fused-ring (bicyclic) bond motifs is 6. The first-order valence-corrected chi connectivity index (χ1v) is 16.7. The van der Waals surface area contributed by atoms with Crippen molar-refractivity contribution in [3.05, 3.63) is 176 Å². The molecular formula is C46H33N3. The van der Waals surface area contributed by atoms with Crippen LogP contribution in [0.1, 0.15) is 6.92 Å². The zero-order chi connectivity index (χ0) is 32.9. The lowest BCUT2D eigenvalue weighted by Crippen LogP contribution is -2.15. The third-order valence-corrected chi connectivity index (χ3v) is 9.71. The van der Waals surface area contributed by atoms with Crippen molar-refractivity contribution in [3.63, 3.8) is 0 Å². The van der Waals surface area contributed by atoms with Crippen molar-refractivity contribution in [2.45, 2.75) is 6.92 Å². The molecular weight excluding hydrogens is 595 g/mol. The van der Waals surface area contributed by atoms with Crippen LogP contribution in [0.25, 0.3) is 71.6 Å². The average Bonchev–Trinajstić information content (AvgIpc) is 3.66. The van der Waals surface area contributed by atoms with Gasteiger partial charge in [0.15, 0.2) is 0 Å². The highest BCUT2D eigenvalue weighted by Gasteiger charge is 2.23. The molecule has 3 nitrogen and oxygen atoms in total. The Morgan fingerprint density at radius 3 is 1.86 bits per heavy atom. The molecule has 0 atom stereocenters. The molecule has 0 aliphatic heterocycles. The van der Waals surface area contributed by atoms with Crippen LogP contribution in [0.4, 0.5) is 11.4 Å². The van der Waals surface area contributed by atoms with Gasteiger partial charge in [0.25, 0.3) is 0 Å². The van der Waals surface area contributed by atoms with E-state index in [4.69, 9.17) is 0 Å². The fraction of sp³-hybridized carbons (Fsp3) is 0.0217. The van der Waals surface area contributed by atoms with Gasteiger partial charge in [-0.05, 0) is 106 Å². The third kappa shape index (κ3) is 4.55. The summed E-state index contributed by atoms with van der Waals surface area (Å²) in [4.78, 5) is 6.51. The number of nitrogens with zero attached hydrogens (tertiary/aromatic N) is 3. The molecule has 232 valence electrons. The fourth-order valence-corrected chi connectivity index (χ4v) is 7.73. The Kier molecular flexibility index (Phi) is 6.84. The van der Waals surface area contributed by atoms with Crippen molar-refractivity contribution in [1.82, 2.24) is 4.57 Å². The lowest BCUT2D eigenvalue weighted by molar-refractivity contribution is 1.15. The number of anilines is 2. The van der Waals surface area contributed by atoms with Gasteiger partial charge in [-0.3, -0.25) is 4.99 Å². The Hall–Kier alpha value is -6.45. The smallest absolute Gasteiger partial charge is 0.0640 e. The van der Waals surface area contributed by atoms with E-state index in [-0.39, 0.29) is 0 Å². The van der Waals surface area contributed by atoms with Gasteiger partial charge in [0.2, 0.25) is 0 Å². The Morgan fingerprint density at radius 1 is 0.571 bits per heavy atom. The molecule has 0 radical (unpaired) electrons. The van der Waals surface area contributed by atoms with Gasteiger partial charge in [-0.2, -0.15) is 0 Å². The SMILES string of the molecule is C=N/C=C(\C=C/C)N(c1cccc(-c2ccc3c4c(cccc24)-c2ccccc2-3)c1)c1cccc(-n2c3ccccc3c3ccccc32)c1.